The Balaban J connectivity index is 1.35. The molecule has 0 spiro atoms. The molecule has 174 valence electrons. The van der Waals surface area contributed by atoms with Crippen LogP contribution in [0.3, 0.4) is 0 Å². The quantitative estimate of drug-likeness (QED) is 0.649. The van der Waals surface area contributed by atoms with Gasteiger partial charge in [-0.15, -0.1) is 0 Å². The van der Waals surface area contributed by atoms with Gasteiger partial charge in [0, 0.05) is 45.5 Å². The summed E-state index contributed by atoms with van der Waals surface area (Å²) in [5.41, 5.74) is 3.15. The topological polar surface area (TPSA) is 90.9 Å². The molecule has 1 N–H and O–H groups in total. The zero-order chi connectivity index (χ0) is 23.4. The Morgan fingerprint density at radius 3 is 2.64 bits per heavy atom. The minimum atomic E-state index is -0.382. The van der Waals surface area contributed by atoms with Gasteiger partial charge in [0.15, 0.2) is 0 Å². The zero-order valence-corrected chi connectivity index (χ0v) is 19.2. The summed E-state index contributed by atoms with van der Waals surface area (Å²) in [6.07, 6.45) is 2.71. The van der Waals surface area contributed by atoms with E-state index < -0.39 is 0 Å². The second-order valence-corrected chi connectivity index (χ2v) is 8.25. The van der Waals surface area contributed by atoms with E-state index in [1.165, 1.54) is 16.5 Å². The molecule has 2 aliphatic heterocycles. The van der Waals surface area contributed by atoms with E-state index in [0.717, 1.165) is 43.9 Å². The number of ether oxygens (including phenoxy) is 1. The van der Waals surface area contributed by atoms with Crippen LogP contribution in [0.5, 0.6) is 0 Å². The molecular formula is C24H30N6O3. The molecule has 9 nitrogen and oxygen atoms in total. The molecule has 1 aromatic carbocycles. The van der Waals surface area contributed by atoms with Crippen LogP contribution in [0.15, 0.2) is 43.1 Å². The largest absolute Gasteiger partial charge is 0.444 e. The van der Waals surface area contributed by atoms with Gasteiger partial charge in [-0.2, -0.15) is 4.98 Å². The summed E-state index contributed by atoms with van der Waals surface area (Å²) in [5.74, 6) is 1.08. The van der Waals surface area contributed by atoms with E-state index in [1.54, 1.807) is 6.20 Å². The first kappa shape index (κ1) is 22.7. The highest BCUT2D eigenvalue weighted by atomic mass is 16.6. The van der Waals surface area contributed by atoms with Crippen LogP contribution in [-0.4, -0.2) is 64.5 Å². The summed E-state index contributed by atoms with van der Waals surface area (Å²) in [6.45, 7) is 12.2. The molecule has 2 aromatic rings. The molecule has 1 unspecified atom stereocenters. The SMILES string of the molecule is C=CC(=O)N1CCN(Cc2ccc(C(C)Nc3ncc4c(n3)N(CC)C(=O)OC4)cc2)CC1. The molecule has 9 heteroatoms. The van der Waals surface area contributed by atoms with Crippen molar-refractivity contribution in [3.8, 4) is 0 Å². The van der Waals surface area contributed by atoms with Crippen LogP contribution in [0.1, 0.15) is 36.6 Å². The fraction of sp³-hybridized carbons (Fsp3) is 0.417. The fourth-order valence-corrected chi connectivity index (χ4v) is 4.09. The lowest BCUT2D eigenvalue weighted by atomic mass is 10.1. The number of amides is 2. The standard InChI is InChI=1S/C24H30N6O3/c1-4-21(31)29-12-10-28(11-13-29)15-18-6-8-19(9-7-18)17(3)26-23-25-14-20-16-33-24(32)30(5-2)22(20)27-23/h4,6-9,14,17H,1,5,10-13,15-16H2,2-3H3,(H,25,26,27). The lowest BCUT2D eigenvalue weighted by molar-refractivity contribution is -0.127. The van der Waals surface area contributed by atoms with Gasteiger partial charge in [0.05, 0.1) is 11.6 Å². The number of nitrogens with one attached hydrogen (secondary N) is 1. The first-order valence-electron chi connectivity index (χ1n) is 11.3. The van der Waals surface area contributed by atoms with Crippen molar-refractivity contribution in [1.82, 2.24) is 19.8 Å². The molecule has 0 saturated carbocycles. The number of anilines is 2. The average Bonchev–Trinajstić information content (AvgIpc) is 2.84. The molecule has 2 aliphatic rings. The molecular weight excluding hydrogens is 420 g/mol. The van der Waals surface area contributed by atoms with Crippen molar-refractivity contribution in [3.05, 3.63) is 59.8 Å². The Morgan fingerprint density at radius 1 is 1.24 bits per heavy atom. The molecule has 2 amide bonds. The van der Waals surface area contributed by atoms with Crippen molar-refractivity contribution >= 4 is 23.8 Å². The van der Waals surface area contributed by atoms with Crippen molar-refractivity contribution in [2.45, 2.75) is 33.0 Å². The van der Waals surface area contributed by atoms with Crippen molar-refractivity contribution < 1.29 is 14.3 Å². The van der Waals surface area contributed by atoms with Gasteiger partial charge in [-0.1, -0.05) is 30.8 Å². The Morgan fingerprint density at radius 2 is 1.97 bits per heavy atom. The van der Waals surface area contributed by atoms with Crippen molar-refractivity contribution in [1.29, 1.82) is 0 Å². The van der Waals surface area contributed by atoms with Gasteiger partial charge in [0.25, 0.3) is 0 Å². The van der Waals surface area contributed by atoms with E-state index in [0.29, 0.717) is 18.3 Å². The molecule has 1 fully saturated rings. The monoisotopic (exact) mass is 450 g/mol. The molecule has 4 rings (SSSR count). The molecule has 1 saturated heterocycles. The van der Waals surface area contributed by atoms with Crippen LogP contribution in [0.4, 0.5) is 16.6 Å². The summed E-state index contributed by atoms with van der Waals surface area (Å²) < 4.78 is 5.15. The van der Waals surface area contributed by atoms with Gasteiger partial charge in [-0.05, 0) is 31.1 Å². The fourth-order valence-electron chi connectivity index (χ4n) is 4.09. The molecule has 0 aliphatic carbocycles. The smallest absolute Gasteiger partial charge is 0.415 e. The number of aromatic nitrogens is 2. The van der Waals surface area contributed by atoms with Crippen molar-refractivity contribution in [2.24, 2.45) is 0 Å². The van der Waals surface area contributed by atoms with Crippen molar-refractivity contribution in [2.75, 3.05) is 42.9 Å². The molecule has 33 heavy (non-hydrogen) atoms. The second kappa shape index (κ2) is 9.99. The van der Waals surface area contributed by atoms with E-state index in [2.05, 4.69) is 58.0 Å². The minimum Gasteiger partial charge on any atom is -0.444 e. The third-order valence-electron chi connectivity index (χ3n) is 6.08. The number of hydrogen-bond donors (Lipinski definition) is 1. The zero-order valence-electron chi connectivity index (χ0n) is 19.2. The Kier molecular flexibility index (Phi) is 6.88. The molecule has 0 radical (unpaired) electrons. The molecule has 0 bridgehead atoms. The minimum absolute atomic E-state index is 0.00354. The van der Waals surface area contributed by atoms with Gasteiger partial charge in [0.2, 0.25) is 11.9 Å². The Bertz CT molecular complexity index is 1020. The van der Waals surface area contributed by atoms with Gasteiger partial charge in [-0.3, -0.25) is 14.6 Å². The first-order chi connectivity index (χ1) is 16.0. The van der Waals surface area contributed by atoms with E-state index in [9.17, 15) is 9.59 Å². The highest BCUT2D eigenvalue weighted by molar-refractivity contribution is 5.89. The summed E-state index contributed by atoms with van der Waals surface area (Å²) in [5, 5.41) is 3.33. The average molecular weight is 451 g/mol. The molecule has 1 atom stereocenters. The lowest BCUT2D eigenvalue weighted by Gasteiger charge is -2.34. The number of cyclic esters (lactones) is 1. The summed E-state index contributed by atoms with van der Waals surface area (Å²) in [6, 6.07) is 8.49. The highest BCUT2D eigenvalue weighted by Gasteiger charge is 2.27. The van der Waals surface area contributed by atoms with Crippen LogP contribution in [0.25, 0.3) is 0 Å². The predicted octanol–water partition coefficient (Wildman–Crippen LogP) is 2.96. The van der Waals surface area contributed by atoms with Gasteiger partial charge in [-0.25, -0.2) is 9.78 Å². The number of hydrogen-bond acceptors (Lipinski definition) is 7. The van der Waals surface area contributed by atoms with E-state index in [4.69, 9.17) is 4.74 Å². The third kappa shape index (κ3) is 5.14. The van der Waals surface area contributed by atoms with E-state index >= 15 is 0 Å². The Hall–Kier alpha value is -3.46. The maximum Gasteiger partial charge on any atom is 0.415 e. The van der Waals surface area contributed by atoms with Crippen LogP contribution < -0.4 is 10.2 Å². The highest BCUT2D eigenvalue weighted by Crippen LogP contribution is 2.26. The second-order valence-electron chi connectivity index (χ2n) is 8.25. The van der Waals surface area contributed by atoms with Crippen LogP contribution >= 0.6 is 0 Å². The summed E-state index contributed by atoms with van der Waals surface area (Å²) >= 11 is 0. The molecule has 3 heterocycles. The maximum atomic E-state index is 12.0. The Labute approximate surface area is 194 Å². The third-order valence-corrected chi connectivity index (χ3v) is 6.08. The van der Waals surface area contributed by atoms with E-state index in [1.807, 2.05) is 11.8 Å². The van der Waals surface area contributed by atoms with Crippen LogP contribution in [-0.2, 0) is 22.7 Å². The van der Waals surface area contributed by atoms with Gasteiger partial charge in [0.1, 0.15) is 12.4 Å². The maximum absolute atomic E-state index is 12.0. The van der Waals surface area contributed by atoms with Gasteiger partial charge < -0.3 is 15.0 Å². The first-order valence-corrected chi connectivity index (χ1v) is 11.3. The number of piperazine rings is 1. The summed E-state index contributed by atoms with van der Waals surface area (Å²) in [4.78, 5) is 38.4. The lowest BCUT2D eigenvalue weighted by Crippen LogP contribution is -2.47. The predicted molar refractivity (Wildman–Crippen MR) is 126 cm³/mol. The van der Waals surface area contributed by atoms with Crippen LogP contribution in [0.2, 0.25) is 0 Å². The number of carbonyl (C=O) groups is 2. The number of fused-ring (bicyclic) bond motifs is 1. The normalized spacial score (nSPS) is 17.2. The van der Waals surface area contributed by atoms with E-state index in [-0.39, 0.29) is 24.6 Å². The number of rotatable bonds is 7. The van der Waals surface area contributed by atoms with Crippen LogP contribution in [0, 0.1) is 0 Å². The summed E-state index contributed by atoms with van der Waals surface area (Å²) in [7, 11) is 0. The number of benzene rings is 1. The molecule has 1 aromatic heterocycles. The van der Waals surface area contributed by atoms with Crippen molar-refractivity contribution in [3.63, 3.8) is 0 Å². The number of nitrogens with zero attached hydrogens (tertiary/aromatic N) is 5. The van der Waals surface area contributed by atoms with Gasteiger partial charge >= 0.3 is 6.09 Å². The number of carbonyl (C=O) groups excluding carboxylic acids is 2.